The number of ether oxygens (including phenoxy) is 1. The number of esters is 1. The third-order valence-corrected chi connectivity index (χ3v) is 3.21. The summed E-state index contributed by atoms with van der Waals surface area (Å²) in [6.45, 7) is 1.89. The van der Waals surface area contributed by atoms with Crippen molar-refractivity contribution in [2.45, 2.75) is 24.3 Å². The van der Waals surface area contributed by atoms with Crippen molar-refractivity contribution in [2.75, 3.05) is 7.11 Å². The smallest absolute Gasteiger partial charge is 0.433 e. The van der Waals surface area contributed by atoms with Crippen molar-refractivity contribution in [2.24, 2.45) is 0 Å². The van der Waals surface area contributed by atoms with Crippen LogP contribution >= 0.6 is 11.8 Å². The Morgan fingerprint density at radius 1 is 1.65 bits per heavy atom. The molecule has 0 N–H and O–H groups in total. The number of rotatable bonds is 6. The predicted octanol–water partition coefficient (Wildman–Crippen LogP) is 2.37. The van der Waals surface area contributed by atoms with Crippen LogP contribution < -0.4 is 0 Å². The van der Waals surface area contributed by atoms with Gasteiger partial charge in [0.15, 0.2) is 0 Å². The van der Waals surface area contributed by atoms with Crippen LogP contribution in [0.1, 0.15) is 19.1 Å². The Labute approximate surface area is 102 Å². The number of nitrogens with zero attached hydrogens (tertiary/aromatic N) is 1. The van der Waals surface area contributed by atoms with Gasteiger partial charge in [0, 0.05) is 5.25 Å². The molecule has 6 nitrogen and oxygen atoms in total. The zero-order valence-electron chi connectivity index (χ0n) is 9.54. The second kappa shape index (κ2) is 6.29. The third kappa shape index (κ3) is 4.48. The van der Waals surface area contributed by atoms with Crippen LogP contribution in [0.15, 0.2) is 16.5 Å². The molecule has 1 atom stereocenters. The van der Waals surface area contributed by atoms with Crippen LogP contribution in [-0.2, 0) is 15.3 Å². The minimum absolute atomic E-state index is 0.0756. The van der Waals surface area contributed by atoms with Crippen molar-refractivity contribution in [3.63, 3.8) is 0 Å². The van der Waals surface area contributed by atoms with Gasteiger partial charge in [-0.1, -0.05) is 6.92 Å². The number of hydrogen-bond donors (Lipinski definition) is 0. The molecule has 1 unspecified atom stereocenters. The molecule has 0 aliphatic rings. The highest BCUT2D eigenvalue weighted by molar-refractivity contribution is 7.99. The Morgan fingerprint density at radius 2 is 2.35 bits per heavy atom. The summed E-state index contributed by atoms with van der Waals surface area (Å²) in [6, 6.07) is 2.89. The molecule has 0 fully saturated rings. The minimum Gasteiger partial charge on any atom is -0.469 e. The second-order valence-electron chi connectivity index (χ2n) is 3.40. The molecule has 0 saturated carbocycles. The van der Waals surface area contributed by atoms with Gasteiger partial charge in [0.2, 0.25) is 0 Å². The Hall–Kier alpha value is -1.50. The first-order chi connectivity index (χ1) is 8.02. The quantitative estimate of drug-likeness (QED) is 0.443. The molecule has 0 spiro atoms. The fourth-order valence-electron chi connectivity index (χ4n) is 1.14. The summed E-state index contributed by atoms with van der Waals surface area (Å²) >= 11 is 1.48. The molecular formula is C10H13NO5S. The number of thioether (sulfide) groups is 1. The second-order valence-corrected chi connectivity index (χ2v) is 4.83. The molecule has 0 bridgehead atoms. The first-order valence-corrected chi connectivity index (χ1v) is 5.99. The summed E-state index contributed by atoms with van der Waals surface area (Å²) in [5.74, 6) is 0.487. The van der Waals surface area contributed by atoms with E-state index in [-0.39, 0.29) is 17.1 Å². The van der Waals surface area contributed by atoms with Gasteiger partial charge in [-0.2, -0.15) is 11.8 Å². The minimum atomic E-state index is -0.577. The van der Waals surface area contributed by atoms with Gasteiger partial charge in [0.05, 0.1) is 25.3 Å². The van der Waals surface area contributed by atoms with Crippen molar-refractivity contribution >= 4 is 23.6 Å². The van der Waals surface area contributed by atoms with E-state index in [1.807, 2.05) is 6.92 Å². The molecule has 0 saturated heterocycles. The van der Waals surface area contributed by atoms with Crippen LogP contribution in [0.25, 0.3) is 0 Å². The van der Waals surface area contributed by atoms with Crippen molar-refractivity contribution in [3.05, 3.63) is 28.0 Å². The monoisotopic (exact) mass is 259 g/mol. The van der Waals surface area contributed by atoms with Crippen LogP contribution in [0.3, 0.4) is 0 Å². The van der Waals surface area contributed by atoms with Crippen LogP contribution in [0.2, 0.25) is 0 Å². The first-order valence-electron chi connectivity index (χ1n) is 4.94. The lowest BCUT2D eigenvalue weighted by molar-refractivity contribution is -0.402. The van der Waals surface area contributed by atoms with Crippen LogP contribution in [0.4, 0.5) is 5.88 Å². The van der Waals surface area contributed by atoms with E-state index in [4.69, 9.17) is 4.42 Å². The van der Waals surface area contributed by atoms with Crippen LogP contribution in [-0.4, -0.2) is 23.3 Å². The summed E-state index contributed by atoms with van der Waals surface area (Å²) in [4.78, 5) is 20.8. The molecule has 0 aromatic carbocycles. The molecule has 0 radical (unpaired) electrons. The molecule has 94 valence electrons. The molecule has 0 amide bonds. The molecule has 1 aromatic heterocycles. The van der Waals surface area contributed by atoms with Gasteiger partial charge >= 0.3 is 11.9 Å². The highest BCUT2D eigenvalue weighted by atomic mass is 32.2. The zero-order chi connectivity index (χ0) is 12.8. The van der Waals surface area contributed by atoms with Gasteiger partial charge in [0.25, 0.3) is 0 Å². The molecule has 0 aliphatic heterocycles. The SMILES string of the molecule is COC(=O)CC(C)SCc1ccc([N+](=O)[O-])o1. The Bertz CT molecular complexity index is 403. The van der Waals surface area contributed by atoms with Crippen LogP contribution in [0, 0.1) is 10.1 Å². The number of carbonyl (C=O) groups excluding carboxylic acids is 1. The van der Waals surface area contributed by atoms with E-state index in [0.29, 0.717) is 17.9 Å². The lowest BCUT2D eigenvalue weighted by atomic mass is 10.3. The summed E-state index contributed by atoms with van der Waals surface area (Å²) in [6.07, 6.45) is 0.309. The fraction of sp³-hybridized carbons (Fsp3) is 0.500. The number of furan rings is 1. The maximum Gasteiger partial charge on any atom is 0.433 e. The predicted molar refractivity (Wildman–Crippen MR) is 62.8 cm³/mol. The number of hydrogen-bond acceptors (Lipinski definition) is 6. The number of methoxy groups -OCH3 is 1. The Morgan fingerprint density at radius 3 is 2.88 bits per heavy atom. The van der Waals surface area contributed by atoms with Gasteiger partial charge in [-0.25, -0.2) is 0 Å². The maximum atomic E-state index is 11.0. The topological polar surface area (TPSA) is 82.6 Å². The lowest BCUT2D eigenvalue weighted by Gasteiger charge is -2.07. The van der Waals surface area contributed by atoms with Gasteiger partial charge in [-0.05, 0) is 6.07 Å². The molecule has 1 aromatic rings. The standard InChI is InChI=1S/C10H13NO5S/c1-7(5-10(12)15-2)17-6-8-3-4-9(16-8)11(13)14/h3-4,7H,5-6H2,1-2H3. The normalized spacial score (nSPS) is 12.1. The van der Waals surface area contributed by atoms with E-state index >= 15 is 0 Å². The highest BCUT2D eigenvalue weighted by Gasteiger charge is 2.14. The van der Waals surface area contributed by atoms with E-state index in [1.165, 1.54) is 24.9 Å². The van der Waals surface area contributed by atoms with E-state index in [1.54, 1.807) is 6.07 Å². The highest BCUT2D eigenvalue weighted by Crippen LogP contribution is 2.24. The maximum absolute atomic E-state index is 11.0. The van der Waals surface area contributed by atoms with Crippen molar-refractivity contribution < 1.29 is 18.9 Å². The summed E-state index contributed by atoms with van der Waals surface area (Å²) in [7, 11) is 1.34. The molecule has 7 heteroatoms. The molecule has 1 heterocycles. The summed E-state index contributed by atoms with van der Waals surface area (Å²) < 4.78 is 9.53. The third-order valence-electron chi connectivity index (χ3n) is 2.02. The summed E-state index contributed by atoms with van der Waals surface area (Å²) in [5, 5.41) is 10.5. The first kappa shape index (κ1) is 13.6. The van der Waals surface area contributed by atoms with Gasteiger partial charge in [-0.15, -0.1) is 0 Å². The van der Waals surface area contributed by atoms with Crippen molar-refractivity contribution in [3.8, 4) is 0 Å². The van der Waals surface area contributed by atoms with Gasteiger partial charge in [-0.3, -0.25) is 14.9 Å². The van der Waals surface area contributed by atoms with Crippen LogP contribution in [0.5, 0.6) is 0 Å². The number of nitro groups is 1. The van der Waals surface area contributed by atoms with E-state index < -0.39 is 4.92 Å². The van der Waals surface area contributed by atoms with Gasteiger partial charge < -0.3 is 9.15 Å². The van der Waals surface area contributed by atoms with Crippen molar-refractivity contribution in [1.29, 1.82) is 0 Å². The Kier molecular flexibility index (Phi) is 5.02. The average Bonchev–Trinajstić information content (AvgIpc) is 2.75. The van der Waals surface area contributed by atoms with Crippen molar-refractivity contribution in [1.82, 2.24) is 0 Å². The largest absolute Gasteiger partial charge is 0.469 e. The summed E-state index contributed by atoms with van der Waals surface area (Å²) in [5.41, 5.74) is 0. The Balaban J connectivity index is 2.39. The fourth-order valence-corrected chi connectivity index (χ4v) is 2.00. The molecular weight excluding hydrogens is 246 g/mol. The lowest BCUT2D eigenvalue weighted by Crippen LogP contribution is -2.08. The molecule has 0 aliphatic carbocycles. The number of carbonyl (C=O) groups is 1. The van der Waals surface area contributed by atoms with Gasteiger partial charge in [0.1, 0.15) is 10.7 Å². The van der Waals surface area contributed by atoms with E-state index in [0.717, 1.165) is 0 Å². The van der Waals surface area contributed by atoms with E-state index in [2.05, 4.69) is 4.74 Å². The molecule has 17 heavy (non-hydrogen) atoms. The average molecular weight is 259 g/mol. The van der Waals surface area contributed by atoms with E-state index in [9.17, 15) is 14.9 Å². The zero-order valence-corrected chi connectivity index (χ0v) is 10.4. The molecule has 1 rings (SSSR count).